The van der Waals surface area contributed by atoms with Crippen molar-refractivity contribution >= 4 is 17.4 Å². The minimum Gasteiger partial charge on any atom is -0.378 e. The van der Waals surface area contributed by atoms with E-state index in [1.165, 1.54) is 18.2 Å². The van der Waals surface area contributed by atoms with Gasteiger partial charge in [-0.3, -0.25) is 0 Å². The molecule has 0 bridgehead atoms. The molecular formula is C20H21F4N3O2. The van der Waals surface area contributed by atoms with Gasteiger partial charge in [0.15, 0.2) is 0 Å². The van der Waals surface area contributed by atoms with Gasteiger partial charge in [-0.25, -0.2) is 9.18 Å². The lowest BCUT2D eigenvalue weighted by atomic mass is 10.1. The number of benzene rings is 2. The Morgan fingerprint density at radius 1 is 1.07 bits per heavy atom. The lowest BCUT2D eigenvalue weighted by Crippen LogP contribution is -2.36. The molecule has 0 spiro atoms. The Kier molecular flexibility index (Phi) is 6.58. The molecule has 5 nitrogen and oxygen atoms in total. The molecule has 0 radical (unpaired) electrons. The van der Waals surface area contributed by atoms with Gasteiger partial charge in [-0.1, -0.05) is 12.1 Å². The second kappa shape index (κ2) is 9.13. The highest BCUT2D eigenvalue weighted by Crippen LogP contribution is 2.37. The number of amides is 2. The van der Waals surface area contributed by atoms with Crippen molar-refractivity contribution in [3.05, 3.63) is 59.4 Å². The Morgan fingerprint density at radius 3 is 2.41 bits per heavy atom. The number of morpholine rings is 1. The van der Waals surface area contributed by atoms with Crippen LogP contribution in [0.5, 0.6) is 0 Å². The van der Waals surface area contributed by atoms with Crippen molar-refractivity contribution in [3.8, 4) is 0 Å². The minimum atomic E-state index is -4.61. The van der Waals surface area contributed by atoms with Gasteiger partial charge in [0, 0.05) is 25.3 Å². The standard InChI is InChI=1S/C20H21F4N3O2/c21-15-3-1-14(2-4-15)7-8-25-19(28)26-18-6-5-16(13-17(18)20(22,23)24)27-9-11-29-12-10-27/h1-6,13H,7-12H2,(H2,25,26,28). The number of ether oxygens (including phenoxy) is 1. The molecular weight excluding hydrogens is 390 g/mol. The fraction of sp³-hybridized carbons (Fsp3) is 0.350. The molecule has 0 atom stereocenters. The molecule has 1 fully saturated rings. The molecule has 9 heteroatoms. The molecule has 1 saturated heterocycles. The maximum atomic E-state index is 13.5. The van der Waals surface area contributed by atoms with Crippen molar-refractivity contribution in [2.75, 3.05) is 43.1 Å². The van der Waals surface area contributed by atoms with Crippen LogP contribution in [0, 0.1) is 5.82 Å². The predicted molar refractivity (Wildman–Crippen MR) is 102 cm³/mol. The number of halogens is 4. The molecule has 0 unspecified atom stereocenters. The van der Waals surface area contributed by atoms with E-state index in [2.05, 4.69) is 10.6 Å². The van der Waals surface area contributed by atoms with Crippen LogP contribution in [0.15, 0.2) is 42.5 Å². The Hall–Kier alpha value is -2.81. The largest absolute Gasteiger partial charge is 0.418 e. The fourth-order valence-electron chi connectivity index (χ4n) is 3.03. The topological polar surface area (TPSA) is 53.6 Å². The molecule has 0 aliphatic carbocycles. The van der Waals surface area contributed by atoms with Gasteiger partial charge in [-0.2, -0.15) is 13.2 Å². The van der Waals surface area contributed by atoms with E-state index in [-0.39, 0.29) is 18.0 Å². The molecule has 1 aliphatic heterocycles. The minimum absolute atomic E-state index is 0.199. The third-order valence-corrected chi connectivity index (χ3v) is 4.55. The molecule has 1 heterocycles. The van der Waals surface area contributed by atoms with Gasteiger partial charge in [0.25, 0.3) is 0 Å². The first-order valence-corrected chi connectivity index (χ1v) is 9.16. The van der Waals surface area contributed by atoms with E-state index in [0.717, 1.165) is 11.6 Å². The quantitative estimate of drug-likeness (QED) is 0.730. The summed E-state index contributed by atoms with van der Waals surface area (Å²) in [4.78, 5) is 13.9. The van der Waals surface area contributed by atoms with E-state index < -0.39 is 17.8 Å². The highest BCUT2D eigenvalue weighted by molar-refractivity contribution is 5.90. The van der Waals surface area contributed by atoms with Crippen LogP contribution < -0.4 is 15.5 Å². The smallest absolute Gasteiger partial charge is 0.378 e. The summed E-state index contributed by atoms with van der Waals surface area (Å²) in [7, 11) is 0. The van der Waals surface area contributed by atoms with Gasteiger partial charge >= 0.3 is 12.2 Å². The Bertz CT molecular complexity index is 835. The molecule has 2 aromatic carbocycles. The van der Waals surface area contributed by atoms with Gasteiger partial charge in [-0.05, 0) is 42.3 Å². The number of nitrogens with zero attached hydrogens (tertiary/aromatic N) is 1. The third-order valence-electron chi connectivity index (χ3n) is 4.55. The van der Waals surface area contributed by atoms with E-state index in [0.29, 0.717) is 38.4 Å². The number of carbonyl (C=O) groups excluding carboxylic acids is 1. The number of rotatable bonds is 5. The van der Waals surface area contributed by atoms with E-state index in [9.17, 15) is 22.4 Å². The first-order valence-electron chi connectivity index (χ1n) is 9.16. The van der Waals surface area contributed by atoms with Crippen LogP contribution in [0.4, 0.5) is 33.7 Å². The zero-order valence-electron chi connectivity index (χ0n) is 15.6. The van der Waals surface area contributed by atoms with E-state index >= 15 is 0 Å². The highest BCUT2D eigenvalue weighted by Gasteiger charge is 2.34. The zero-order chi connectivity index (χ0) is 20.9. The lowest BCUT2D eigenvalue weighted by Gasteiger charge is -2.29. The van der Waals surface area contributed by atoms with Gasteiger partial charge in [0.1, 0.15) is 5.82 Å². The van der Waals surface area contributed by atoms with Gasteiger partial charge in [-0.15, -0.1) is 0 Å². The van der Waals surface area contributed by atoms with Crippen molar-refractivity contribution < 1.29 is 27.1 Å². The molecule has 156 valence electrons. The van der Waals surface area contributed by atoms with Crippen LogP contribution in [0.3, 0.4) is 0 Å². The third kappa shape index (κ3) is 5.83. The lowest BCUT2D eigenvalue weighted by molar-refractivity contribution is -0.136. The molecule has 0 aromatic heterocycles. The van der Waals surface area contributed by atoms with E-state index in [4.69, 9.17) is 4.74 Å². The number of alkyl halides is 3. The van der Waals surface area contributed by atoms with Crippen molar-refractivity contribution in [3.63, 3.8) is 0 Å². The predicted octanol–water partition coefficient (Wildman–Crippen LogP) is 4.05. The summed E-state index contributed by atoms with van der Waals surface area (Å²) in [5.41, 5.74) is 0.0180. The number of nitrogens with one attached hydrogen (secondary N) is 2. The number of hydrogen-bond donors (Lipinski definition) is 2. The summed E-state index contributed by atoms with van der Waals surface area (Å²) in [5, 5.41) is 4.78. The average molecular weight is 411 g/mol. The molecule has 0 saturated carbocycles. The summed E-state index contributed by atoms with van der Waals surface area (Å²) in [5.74, 6) is -0.361. The molecule has 29 heavy (non-hydrogen) atoms. The van der Waals surface area contributed by atoms with Crippen molar-refractivity contribution in [2.24, 2.45) is 0 Å². The maximum Gasteiger partial charge on any atom is 0.418 e. The molecule has 1 aliphatic rings. The number of carbonyl (C=O) groups is 1. The molecule has 2 aromatic rings. The SMILES string of the molecule is O=C(NCCc1ccc(F)cc1)Nc1ccc(N2CCOCC2)cc1C(F)(F)F. The molecule has 2 N–H and O–H groups in total. The zero-order valence-corrected chi connectivity index (χ0v) is 15.6. The van der Waals surface area contributed by atoms with Crippen molar-refractivity contribution in [2.45, 2.75) is 12.6 Å². The van der Waals surface area contributed by atoms with Crippen LogP contribution in [0.2, 0.25) is 0 Å². The van der Waals surface area contributed by atoms with Gasteiger partial charge < -0.3 is 20.3 Å². The van der Waals surface area contributed by atoms with Crippen molar-refractivity contribution in [1.82, 2.24) is 5.32 Å². The van der Waals surface area contributed by atoms with Crippen molar-refractivity contribution in [1.29, 1.82) is 0 Å². The van der Waals surface area contributed by atoms with Crippen LogP contribution in [-0.4, -0.2) is 38.9 Å². The highest BCUT2D eigenvalue weighted by atomic mass is 19.4. The molecule has 3 rings (SSSR count). The number of hydrogen-bond acceptors (Lipinski definition) is 3. The van der Waals surface area contributed by atoms with Crippen LogP contribution in [-0.2, 0) is 17.3 Å². The summed E-state index contributed by atoms with van der Waals surface area (Å²) >= 11 is 0. The number of anilines is 2. The molecule has 2 amide bonds. The average Bonchev–Trinajstić information content (AvgIpc) is 2.69. The van der Waals surface area contributed by atoms with Gasteiger partial charge in [0.2, 0.25) is 0 Å². The normalized spacial score (nSPS) is 14.6. The Balaban J connectivity index is 1.63. The van der Waals surface area contributed by atoms with Crippen LogP contribution in [0.25, 0.3) is 0 Å². The monoisotopic (exact) mass is 411 g/mol. The summed E-state index contributed by atoms with van der Waals surface area (Å²) < 4.78 is 58.6. The van der Waals surface area contributed by atoms with Crippen LogP contribution in [0.1, 0.15) is 11.1 Å². The van der Waals surface area contributed by atoms with Gasteiger partial charge in [0.05, 0.1) is 24.5 Å². The van der Waals surface area contributed by atoms with E-state index in [1.54, 1.807) is 18.2 Å². The second-order valence-electron chi connectivity index (χ2n) is 6.58. The number of urea groups is 1. The summed E-state index contributed by atoms with van der Waals surface area (Å²) in [6, 6.07) is 8.89. The summed E-state index contributed by atoms with van der Waals surface area (Å²) in [6.45, 7) is 2.13. The second-order valence-corrected chi connectivity index (χ2v) is 6.58. The Morgan fingerprint density at radius 2 is 1.76 bits per heavy atom. The van der Waals surface area contributed by atoms with Crippen LogP contribution >= 0.6 is 0 Å². The first-order chi connectivity index (χ1) is 13.8. The van der Waals surface area contributed by atoms with E-state index in [1.807, 2.05) is 4.90 Å². The summed E-state index contributed by atoms with van der Waals surface area (Å²) in [6.07, 6.45) is -4.19. The first kappa shape index (κ1) is 20.9. The maximum absolute atomic E-state index is 13.5. The Labute approximate surface area is 165 Å². The fourth-order valence-corrected chi connectivity index (χ4v) is 3.03.